The molecule has 1 aromatic heterocycles. The van der Waals surface area contributed by atoms with Gasteiger partial charge in [0.15, 0.2) is 5.58 Å². The average molecular weight is 416 g/mol. The van der Waals surface area contributed by atoms with Crippen molar-refractivity contribution in [3.8, 4) is 0 Å². The molecule has 3 N–H and O–H groups in total. The molecule has 0 bridgehead atoms. The van der Waals surface area contributed by atoms with E-state index in [-0.39, 0.29) is 10.9 Å². The van der Waals surface area contributed by atoms with Crippen molar-refractivity contribution >= 4 is 32.7 Å². The van der Waals surface area contributed by atoms with Gasteiger partial charge in [0.25, 0.3) is 5.91 Å². The first-order valence-corrected chi connectivity index (χ1v) is 10.6. The Kier molecular flexibility index (Phi) is 4.89. The zero-order chi connectivity index (χ0) is 20.6. The Labute approximate surface area is 166 Å². The lowest BCUT2D eigenvalue weighted by molar-refractivity contribution is -0.123. The first-order valence-electron chi connectivity index (χ1n) is 9.13. The van der Waals surface area contributed by atoms with E-state index in [2.05, 4.69) is 15.6 Å². The molecule has 1 aliphatic carbocycles. The van der Waals surface area contributed by atoms with Gasteiger partial charge < -0.3 is 4.42 Å². The van der Waals surface area contributed by atoms with Gasteiger partial charge in [0, 0.05) is 6.04 Å². The molecular formula is C19H20N4O5S. The number of amides is 1. The Morgan fingerprint density at radius 3 is 2.52 bits per heavy atom. The normalized spacial score (nSPS) is 15.2. The number of nitrogens with zero attached hydrogens (tertiary/aromatic N) is 1. The van der Waals surface area contributed by atoms with Crippen molar-refractivity contribution in [2.45, 2.75) is 36.7 Å². The quantitative estimate of drug-likeness (QED) is 0.504. The van der Waals surface area contributed by atoms with Crippen molar-refractivity contribution in [3.05, 3.63) is 59.1 Å². The first kappa shape index (κ1) is 19.2. The highest BCUT2D eigenvalue weighted by Crippen LogP contribution is 2.23. The van der Waals surface area contributed by atoms with Crippen LogP contribution in [0, 0.1) is 0 Å². The number of hydrogen-bond donors (Lipinski definition) is 3. The molecule has 10 heteroatoms. The molecular weight excluding hydrogens is 396 g/mol. The highest BCUT2D eigenvalue weighted by Gasteiger charge is 2.28. The number of fused-ring (bicyclic) bond motifs is 1. The van der Waals surface area contributed by atoms with Gasteiger partial charge in [-0.05, 0) is 56.2 Å². The van der Waals surface area contributed by atoms with Gasteiger partial charge in [-0.15, -0.1) is 0 Å². The number of aromatic nitrogens is 1. The van der Waals surface area contributed by atoms with Crippen LogP contribution in [0.4, 0.5) is 5.69 Å². The maximum absolute atomic E-state index is 12.5. The smallest absolute Gasteiger partial charge is 0.408 e. The Balaban J connectivity index is 1.42. The van der Waals surface area contributed by atoms with Crippen LogP contribution < -0.4 is 21.3 Å². The zero-order valence-corrected chi connectivity index (χ0v) is 16.4. The number of anilines is 1. The lowest BCUT2D eigenvalue weighted by Crippen LogP contribution is -2.37. The van der Waals surface area contributed by atoms with Crippen LogP contribution in [0.3, 0.4) is 0 Å². The van der Waals surface area contributed by atoms with Gasteiger partial charge in [0.2, 0.25) is 10.0 Å². The minimum absolute atomic E-state index is 0.0287. The summed E-state index contributed by atoms with van der Waals surface area (Å²) in [6.07, 6.45) is 1.72. The fraction of sp³-hybridized carbons (Fsp3) is 0.263. The highest BCUT2D eigenvalue weighted by molar-refractivity contribution is 7.89. The molecule has 0 aliphatic heterocycles. The van der Waals surface area contributed by atoms with Crippen molar-refractivity contribution in [2.24, 2.45) is 0 Å². The van der Waals surface area contributed by atoms with Crippen molar-refractivity contribution in [1.29, 1.82) is 0 Å². The molecule has 9 nitrogen and oxygen atoms in total. The van der Waals surface area contributed by atoms with E-state index in [9.17, 15) is 18.0 Å². The summed E-state index contributed by atoms with van der Waals surface area (Å²) >= 11 is 0. The van der Waals surface area contributed by atoms with E-state index in [1.807, 2.05) is 0 Å². The SMILES string of the molecule is CC(C(=O)NNc1ccc(S(=O)(=O)NC2CC2)cc1)n1c(=O)oc2ccccc21. The minimum Gasteiger partial charge on any atom is -0.408 e. The van der Waals surface area contributed by atoms with Gasteiger partial charge >= 0.3 is 5.76 Å². The van der Waals surface area contributed by atoms with Crippen molar-refractivity contribution < 1.29 is 17.6 Å². The maximum atomic E-state index is 12.5. The molecule has 1 unspecified atom stereocenters. The van der Waals surface area contributed by atoms with Crippen LogP contribution in [0.15, 0.2) is 62.6 Å². The third kappa shape index (κ3) is 4.03. The second-order valence-electron chi connectivity index (χ2n) is 6.92. The third-order valence-corrected chi connectivity index (χ3v) is 6.22. The molecule has 29 heavy (non-hydrogen) atoms. The number of benzene rings is 2. The Morgan fingerprint density at radius 1 is 1.14 bits per heavy atom. The molecule has 4 rings (SSSR count). The molecule has 1 atom stereocenters. The van der Waals surface area contributed by atoms with E-state index in [1.54, 1.807) is 43.3 Å². The second-order valence-corrected chi connectivity index (χ2v) is 8.63. The summed E-state index contributed by atoms with van der Waals surface area (Å²) < 4.78 is 33.4. The lowest BCUT2D eigenvalue weighted by Gasteiger charge is -2.15. The molecule has 3 aromatic rings. The predicted molar refractivity (Wildman–Crippen MR) is 107 cm³/mol. The van der Waals surface area contributed by atoms with Gasteiger partial charge in [-0.3, -0.25) is 20.2 Å². The summed E-state index contributed by atoms with van der Waals surface area (Å²) in [6.45, 7) is 1.58. The number of carbonyl (C=O) groups is 1. The molecule has 1 saturated carbocycles. The number of carbonyl (C=O) groups excluding carboxylic acids is 1. The Bertz CT molecular complexity index is 1210. The molecule has 2 aromatic carbocycles. The number of hydrazine groups is 1. The first-order chi connectivity index (χ1) is 13.8. The molecule has 0 radical (unpaired) electrons. The molecule has 0 saturated heterocycles. The van der Waals surface area contributed by atoms with Gasteiger partial charge in [-0.25, -0.2) is 17.9 Å². The van der Waals surface area contributed by atoms with Gasteiger partial charge in [-0.2, -0.15) is 0 Å². The van der Waals surface area contributed by atoms with Crippen molar-refractivity contribution in [1.82, 2.24) is 14.7 Å². The van der Waals surface area contributed by atoms with Gasteiger partial charge in [-0.1, -0.05) is 12.1 Å². The van der Waals surface area contributed by atoms with E-state index in [0.717, 1.165) is 12.8 Å². The monoisotopic (exact) mass is 416 g/mol. The van der Waals surface area contributed by atoms with Crippen LogP contribution in [0.2, 0.25) is 0 Å². The molecule has 1 amide bonds. The van der Waals surface area contributed by atoms with E-state index in [1.165, 1.54) is 16.7 Å². The summed E-state index contributed by atoms with van der Waals surface area (Å²) in [5.41, 5.74) is 6.68. The van der Waals surface area contributed by atoms with Crippen LogP contribution in [0.1, 0.15) is 25.8 Å². The third-order valence-electron chi connectivity index (χ3n) is 4.68. The lowest BCUT2D eigenvalue weighted by atomic mass is 10.2. The summed E-state index contributed by atoms with van der Waals surface area (Å²) in [4.78, 5) is 24.7. The second kappa shape index (κ2) is 7.37. The number of hydrogen-bond acceptors (Lipinski definition) is 6. The highest BCUT2D eigenvalue weighted by atomic mass is 32.2. The summed E-state index contributed by atoms with van der Waals surface area (Å²) in [5, 5.41) is 0. The summed E-state index contributed by atoms with van der Waals surface area (Å²) in [6, 6.07) is 12.1. The number of oxazole rings is 1. The largest absolute Gasteiger partial charge is 0.420 e. The number of nitrogens with one attached hydrogen (secondary N) is 3. The summed E-state index contributed by atoms with van der Waals surface area (Å²) in [5.74, 6) is -1.07. The van der Waals surface area contributed by atoms with Crippen LogP contribution in [0.25, 0.3) is 11.1 Å². The molecule has 1 fully saturated rings. The van der Waals surface area contributed by atoms with E-state index in [0.29, 0.717) is 16.8 Å². The fourth-order valence-electron chi connectivity index (χ4n) is 2.91. The molecule has 152 valence electrons. The van der Waals surface area contributed by atoms with Crippen molar-refractivity contribution in [3.63, 3.8) is 0 Å². The fourth-order valence-corrected chi connectivity index (χ4v) is 4.22. The zero-order valence-electron chi connectivity index (χ0n) is 15.6. The van der Waals surface area contributed by atoms with E-state index >= 15 is 0 Å². The Morgan fingerprint density at radius 2 is 1.83 bits per heavy atom. The van der Waals surface area contributed by atoms with E-state index in [4.69, 9.17) is 4.42 Å². The maximum Gasteiger partial charge on any atom is 0.420 e. The number of para-hydroxylation sites is 2. The topological polar surface area (TPSA) is 122 Å². The minimum atomic E-state index is -3.53. The van der Waals surface area contributed by atoms with Crippen molar-refractivity contribution in [2.75, 3.05) is 5.43 Å². The number of rotatable bonds is 7. The van der Waals surface area contributed by atoms with Crippen LogP contribution in [0.5, 0.6) is 0 Å². The van der Waals surface area contributed by atoms with Gasteiger partial charge in [0.1, 0.15) is 6.04 Å². The van der Waals surface area contributed by atoms with Gasteiger partial charge in [0.05, 0.1) is 16.1 Å². The van der Waals surface area contributed by atoms with Crippen LogP contribution in [-0.2, 0) is 14.8 Å². The van der Waals surface area contributed by atoms with Crippen LogP contribution in [-0.4, -0.2) is 24.9 Å². The summed E-state index contributed by atoms with van der Waals surface area (Å²) in [7, 11) is -3.53. The average Bonchev–Trinajstić information content (AvgIpc) is 3.44. The molecule has 1 aliphatic rings. The predicted octanol–water partition coefficient (Wildman–Crippen LogP) is 1.74. The van der Waals surface area contributed by atoms with E-state index < -0.39 is 27.7 Å². The standard InChI is InChI=1S/C19H20N4O5S/c1-12(23-16-4-2-3-5-17(16)28-19(23)25)18(24)21-20-13-8-10-15(11-9-13)29(26,27)22-14-6-7-14/h2-5,8-12,14,20,22H,6-7H2,1H3,(H,21,24). The number of sulfonamides is 1. The van der Waals surface area contributed by atoms with Crippen LogP contribution >= 0.6 is 0 Å². The molecule has 0 spiro atoms. The molecule has 1 heterocycles. The Hall–Kier alpha value is -3.11.